The normalized spacial score (nSPS) is 22.9. The van der Waals surface area contributed by atoms with Crippen LogP contribution in [0.4, 0.5) is 0 Å². The number of aryl methyl sites for hydroxylation is 1. The highest BCUT2D eigenvalue weighted by Gasteiger charge is 2.27. The van der Waals surface area contributed by atoms with Gasteiger partial charge in [0.2, 0.25) is 0 Å². The third-order valence-electron chi connectivity index (χ3n) is 4.27. The summed E-state index contributed by atoms with van der Waals surface area (Å²) in [5.41, 5.74) is 4.59. The van der Waals surface area contributed by atoms with Gasteiger partial charge in [-0.15, -0.1) is 0 Å². The molecule has 1 heterocycles. The van der Waals surface area contributed by atoms with Crippen LogP contribution in [0.3, 0.4) is 0 Å². The van der Waals surface area contributed by atoms with Gasteiger partial charge in [-0.3, -0.25) is 0 Å². The van der Waals surface area contributed by atoms with Crippen molar-refractivity contribution < 1.29 is 4.74 Å². The van der Waals surface area contributed by atoms with Crippen molar-refractivity contribution in [1.29, 1.82) is 0 Å². The molecule has 1 N–H and O–H groups in total. The number of hydrogen-bond donors (Lipinski definition) is 1. The zero-order valence-corrected chi connectivity index (χ0v) is 12.5. The fraction of sp³-hybridized carbons (Fsp3) is 0.600. The summed E-state index contributed by atoms with van der Waals surface area (Å²) in [7, 11) is 1.79. The lowest BCUT2D eigenvalue weighted by Crippen LogP contribution is -2.14. The van der Waals surface area contributed by atoms with Crippen LogP contribution in [0.15, 0.2) is 10.5 Å². The molecule has 1 aromatic carbocycles. The van der Waals surface area contributed by atoms with Crippen molar-refractivity contribution in [2.24, 2.45) is 0 Å². The van der Waals surface area contributed by atoms with E-state index < -0.39 is 0 Å². The smallest absolute Gasteiger partial charge is 0.136 e. The molecule has 1 aromatic rings. The Bertz CT molecular complexity index is 452. The van der Waals surface area contributed by atoms with E-state index in [1.54, 1.807) is 12.7 Å². The van der Waals surface area contributed by atoms with Crippen molar-refractivity contribution in [1.82, 2.24) is 5.32 Å². The van der Waals surface area contributed by atoms with E-state index in [2.05, 4.69) is 27.3 Å². The number of hydrogen-bond acceptors (Lipinski definition) is 2. The highest BCUT2D eigenvalue weighted by Crippen LogP contribution is 2.42. The summed E-state index contributed by atoms with van der Waals surface area (Å²) in [6.07, 6.45) is 6.34. The summed E-state index contributed by atoms with van der Waals surface area (Å²) in [5, 5.41) is 3.48. The first-order chi connectivity index (χ1) is 8.81. The van der Waals surface area contributed by atoms with Crippen LogP contribution in [0.25, 0.3) is 0 Å². The van der Waals surface area contributed by atoms with Gasteiger partial charge in [-0.25, -0.2) is 0 Å². The molecule has 1 fully saturated rings. The number of benzene rings is 1. The van der Waals surface area contributed by atoms with Gasteiger partial charge >= 0.3 is 0 Å². The van der Waals surface area contributed by atoms with Gasteiger partial charge in [-0.1, -0.05) is 0 Å². The minimum atomic E-state index is 0.629. The minimum absolute atomic E-state index is 0.629. The van der Waals surface area contributed by atoms with Crippen LogP contribution in [0.2, 0.25) is 0 Å². The largest absolute Gasteiger partial charge is 0.495 e. The molecule has 0 aromatic heterocycles. The topological polar surface area (TPSA) is 21.3 Å². The first-order valence-electron chi connectivity index (χ1n) is 6.90. The van der Waals surface area contributed by atoms with Gasteiger partial charge in [0.05, 0.1) is 11.6 Å². The summed E-state index contributed by atoms with van der Waals surface area (Å²) >= 11 is 3.69. The van der Waals surface area contributed by atoms with E-state index in [1.165, 1.54) is 43.2 Å². The molecule has 1 saturated heterocycles. The van der Waals surface area contributed by atoms with Gasteiger partial charge < -0.3 is 10.1 Å². The van der Waals surface area contributed by atoms with Crippen molar-refractivity contribution in [3.05, 3.63) is 27.2 Å². The average Bonchev–Trinajstić information content (AvgIpc) is 2.90. The SMILES string of the molecule is COc1c(Br)cc2c(c1C1CCNC1)CCCC2. The molecule has 0 saturated carbocycles. The fourth-order valence-corrected chi connectivity index (χ4v) is 4.07. The molecular formula is C15H20BrNO. The second-order valence-electron chi connectivity index (χ2n) is 5.34. The highest BCUT2D eigenvalue weighted by atomic mass is 79.9. The van der Waals surface area contributed by atoms with Gasteiger partial charge in [0.15, 0.2) is 0 Å². The zero-order valence-electron chi connectivity index (χ0n) is 10.9. The Balaban J connectivity index is 2.14. The highest BCUT2D eigenvalue weighted by molar-refractivity contribution is 9.10. The Morgan fingerprint density at radius 2 is 2.17 bits per heavy atom. The molecule has 3 heteroatoms. The molecule has 1 aliphatic heterocycles. The van der Waals surface area contributed by atoms with Gasteiger partial charge in [0.1, 0.15) is 5.75 Å². The Kier molecular flexibility index (Phi) is 3.62. The zero-order chi connectivity index (χ0) is 12.5. The van der Waals surface area contributed by atoms with Crippen LogP contribution in [-0.4, -0.2) is 20.2 Å². The van der Waals surface area contributed by atoms with Crippen LogP contribution >= 0.6 is 15.9 Å². The molecule has 1 aliphatic carbocycles. The Hall–Kier alpha value is -0.540. The van der Waals surface area contributed by atoms with E-state index in [0.29, 0.717) is 5.92 Å². The maximum absolute atomic E-state index is 5.68. The van der Waals surface area contributed by atoms with Gasteiger partial charge in [0, 0.05) is 18.0 Å². The standard InChI is InChI=1S/C15H20BrNO/c1-18-15-13(16)8-10-4-2-3-5-12(10)14(15)11-6-7-17-9-11/h8,11,17H,2-7,9H2,1H3. The van der Waals surface area contributed by atoms with Crippen molar-refractivity contribution in [3.8, 4) is 5.75 Å². The van der Waals surface area contributed by atoms with E-state index in [-0.39, 0.29) is 0 Å². The van der Waals surface area contributed by atoms with Crippen LogP contribution in [0, 0.1) is 0 Å². The monoisotopic (exact) mass is 309 g/mol. The molecular weight excluding hydrogens is 290 g/mol. The number of fused-ring (bicyclic) bond motifs is 1. The van der Waals surface area contributed by atoms with Crippen molar-refractivity contribution in [2.75, 3.05) is 20.2 Å². The quantitative estimate of drug-likeness (QED) is 0.904. The lowest BCUT2D eigenvalue weighted by atomic mass is 9.82. The van der Waals surface area contributed by atoms with E-state index in [0.717, 1.165) is 23.3 Å². The van der Waals surface area contributed by atoms with Crippen LogP contribution in [0.5, 0.6) is 5.75 Å². The Labute approximate surface area is 117 Å². The third kappa shape index (κ3) is 2.08. The van der Waals surface area contributed by atoms with Crippen LogP contribution < -0.4 is 10.1 Å². The first-order valence-corrected chi connectivity index (χ1v) is 7.69. The van der Waals surface area contributed by atoms with E-state index in [1.807, 2.05) is 0 Å². The molecule has 2 nitrogen and oxygen atoms in total. The number of rotatable bonds is 2. The summed E-state index contributed by atoms with van der Waals surface area (Å²) in [4.78, 5) is 0. The van der Waals surface area contributed by atoms with Gasteiger partial charge in [-0.2, -0.15) is 0 Å². The molecule has 0 bridgehead atoms. The predicted molar refractivity (Wildman–Crippen MR) is 77.6 cm³/mol. The molecule has 0 amide bonds. The molecule has 0 radical (unpaired) electrons. The van der Waals surface area contributed by atoms with E-state index >= 15 is 0 Å². The van der Waals surface area contributed by atoms with Crippen molar-refractivity contribution in [2.45, 2.75) is 38.0 Å². The molecule has 0 spiro atoms. The second kappa shape index (κ2) is 5.22. The molecule has 18 heavy (non-hydrogen) atoms. The number of methoxy groups -OCH3 is 1. The Morgan fingerprint density at radius 1 is 1.33 bits per heavy atom. The third-order valence-corrected chi connectivity index (χ3v) is 4.86. The molecule has 1 unspecified atom stereocenters. The van der Waals surface area contributed by atoms with Crippen molar-refractivity contribution in [3.63, 3.8) is 0 Å². The molecule has 2 aliphatic rings. The fourth-order valence-electron chi connectivity index (χ4n) is 3.42. The maximum atomic E-state index is 5.68. The van der Waals surface area contributed by atoms with E-state index in [4.69, 9.17) is 4.74 Å². The van der Waals surface area contributed by atoms with Gasteiger partial charge in [0.25, 0.3) is 0 Å². The minimum Gasteiger partial charge on any atom is -0.495 e. The lowest BCUT2D eigenvalue weighted by Gasteiger charge is -2.25. The predicted octanol–water partition coefficient (Wildman–Crippen LogP) is 3.41. The molecule has 1 atom stereocenters. The van der Waals surface area contributed by atoms with Gasteiger partial charge in [-0.05, 0) is 71.8 Å². The number of halogens is 1. The second-order valence-corrected chi connectivity index (χ2v) is 6.19. The van der Waals surface area contributed by atoms with Crippen molar-refractivity contribution >= 4 is 15.9 Å². The summed E-state index contributed by atoms with van der Waals surface area (Å²) < 4.78 is 6.81. The number of ether oxygens (including phenoxy) is 1. The molecule has 98 valence electrons. The van der Waals surface area contributed by atoms with Crippen LogP contribution in [-0.2, 0) is 12.8 Å². The molecule has 3 rings (SSSR count). The average molecular weight is 310 g/mol. The number of nitrogens with one attached hydrogen (secondary N) is 1. The summed E-state index contributed by atoms with van der Waals surface area (Å²) in [5.74, 6) is 1.70. The summed E-state index contributed by atoms with van der Waals surface area (Å²) in [6.45, 7) is 2.23. The van der Waals surface area contributed by atoms with E-state index in [9.17, 15) is 0 Å². The summed E-state index contributed by atoms with van der Waals surface area (Å²) in [6, 6.07) is 2.28. The lowest BCUT2D eigenvalue weighted by molar-refractivity contribution is 0.401. The Morgan fingerprint density at radius 3 is 2.89 bits per heavy atom. The first kappa shape index (κ1) is 12.5. The maximum Gasteiger partial charge on any atom is 0.136 e. The van der Waals surface area contributed by atoms with Crippen LogP contribution in [0.1, 0.15) is 41.9 Å².